The summed E-state index contributed by atoms with van der Waals surface area (Å²) in [5.41, 5.74) is 0.705. The highest BCUT2D eigenvalue weighted by Crippen LogP contribution is 2.30. The van der Waals surface area contributed by atoms with E-state index in [1.165, 1.54) is 55.6 Å². The van der Waals surface area contributed by atoms with Crippen LogP contribution < -0.4 is 15.0 Å². The number of nitro groups is 1. The number of hydrogen-bond donors (Lipinski definition) is 1. The molecule has 1 aromatic heterocycles. The first kappa shape index (κ1) is 23.6. The normalized spacial score (nSPS) is 13.3. The molecule has 2 amide bonds. The first-order valence-corrected chi connectivity index (χ1v) is 10.8. The van der Waals surface area contributed by atoms with E-state index in [-0.39, 0.29) is 28.9 Å². The molecule has 1 aliphatic rings. The van der Waals surface area contributed by atoms with Crippen LogP contribution in [0.4, 0.5) is 21.5 Å². The molecule has 0 unspecified atom stereocenters. The highest BCUT2D eigenvalue weighted by Gasteiger charge is 2.26. The molecule has 1 saturated heterocycles. The molecule has 35 heavy (non-hydrogen) atoms. The standard InChI is InChI=1S/C24H22FN5O5/c1-16(31)28-10-12-29(13-11-28)21-8-2-17(14-22(21)30(33)34)24(32)27-19-5-9-23(26-15-19)35-20-6-3-18(25)4-7-20/h2-9,14-15H,10-13H2,1H3,(H,27,32). The number of anilines is 2. The summed E-state index contributed by atoms with van der Waals surface area (Å²) >= 11 is 0. The second-order valence-electron chi connectivity index (χ2n) is 7.85. The number of nitrogens with zero attached hydrogens (tertiary/aromatic N) is 4. The lowest BCUT2D eigenvalue weighted by Crippen LogP contribution is -2.48. The average molecular weight is 479 g/mol. The van der Waals surface area contributed by atoms with Crippen molar-refractivity contribution in [3.8, 4) is 11.6 Å². The number of benzene rings is 2. The molecular weight excluding hydrogens is 457 g/mol. The lowest BCUT2D eigenvalue weighted by Gasteiger charge is -2.35. The Morgan fingerprint density at radius 3 is 2.37 bits per heavy atom. The number of ether oxygens (including phenoxy) is 1. The number of nitrogens with one attached hydrogen (secondary N) is 1. The van der Waals surface area contributed by atoms with Crippen LogP contribution in [0.2, 0.25) is 0 Å². The zero-order valence-electron chi connectivity index (χ0n) is 18.8. The van der Waals surface area contributed by atoms with Crippen LogP contribution in [0.1, 0.15) is 17.3 Å². The van der Waals surface area contributed by atoms with Crippen molar-refractivity contribution >= 4 is 28.9 Å². The summed E-state index contributed by atoms with van der Waals surface area (Å²) in [7, 11) is 0. The Morgan fingerprint density at radius 1 is 1.06 bits per heavy atom. The van der Waals surface area contributed by atoms with Crippen molar-refractivity contribution in [2.75, 3.05) is 36.4 Å². The first-order valence-electron chi connectivity index (χ1n) is 10.8. The second kappa shape index (κ2) is 10.2. The van der Waals surface area contributed by atoms with E-state index in [0.29, 0.717) is 43.3 Å². The fourth-order valence-corrected chi connectivity index (χ4v) is 3.68. The molecule has 2 aromatic carbocycles. The third kappa shape index (κ3) is 5.69. The topological polar surface area (TPSA) is 118 Å². The molecule has 10 nitrogen and oxygen atoms in total. The van der Waals surface area contributed by atoms with Gasteiger partial charge in [0.2, 0.25) is 11.8 Å². The molecular formula is C24H22FN5O5. The van der Waals surface area contributed by atoms with Gasteiger partial charge in [0, 0.05) is 50.8 Å². The molecule has 0 spiro atoms. The number of piperazine rings is 1. The minimum Gasteiger partial charge on any atom is -0.439 e. The van der Waals surface area contributed by atoms with Gasteiger partial charge in [0.25, 0.3) is 11.6 Å². The number of nitro benzene ring substituents is 1. The molecule has 4 rings (SSSR count). The van der Waals surface area contributed by atoms with E-state index in [1.807, 2.05) is 4.90 Å². The number of aromatic nitrogens is 1. The highest BCUT2D eigenvalue weighted by molar-refractivity contribution is 6.05. The summed E-state index contributed by atoms with van der Waals surface area (Å²) in [6.45, 7) is 3.37. The molecule has 0 saturated carbocycles. The molecule has 0 aliphatic carbocycles. The van der Waals surface area contributed by atoms with E-state index < -0.39 is 10.8 Å². The van der Waals surface area contributed by atoms with Crippen molar-refractivity contribution in [3.05, 3.63) is 82.3 Å². The van der Waals surface area contributed by atoms with E-state index in [2.05, 4.69) is 10.3 Å². The predicted molar refractivity (Wildman–Crippen MR) is 126 cm³/mol. The van der Waals surface area contributed by atoms with E-state index >= 15 is 0 Å². The number of amides is 2. The van der Waals surface area contributed by atoms with E-state index in [4.69, 9.17) is 4.74 Å². The molecule has 2 heterocycles. The van der Waals surface area contributed by atoms with Gasteiger partial charge in [-0.1, -0.05) is 0 Å². The molecule has 0 bridgehead atoms. The van der Waals surface area contributed by atoms with Crippen LogP contribution in [0.3, 0.4) is 0 Å². The number of carbonyl (C=O) groups is 2. The van der Waals surface area contributed by atoms with Crippen LogP contribution >= 0.6 is 0 Å². The third-order valence-electron chi connectivity index (χ3n) is 5.53. The van der Waals surface area contributed by atoms with E-state index in [9.17, 15) is 24.1 Å². The van der Waals surface area contributed by atoms with Crippen molar-refractivity contribution in [1.29, 1.82) is 0 Å². The Morgan fingerprint density at radius 2 is 1.77 bits per heavy atom. The lowest BCUT2D eigenvalue weighted by molar-refractivity contribution is -0.384. The summed E-state index contributed by atoms with van der Waals surface area (Å²) in [5, 5.41) is 14.4. The van der Waals surface area contributed by atoms with Crippen molar-refractivity contribution in [2.24, 2.45) is 0 Å². The molecule has 180 valence electrons. The SMILES string of the molecule is CC(=O)N1CCN(c2ccc(C(=O)Nc3ccc(Oc4ccc(F)cc4)nc3)cc2[N+](=O)[O-])CC1. The van der Waals surface area contributed by atoms with Gasteiger partial charge in [0.05, 0.1) is 16.8 Å². The first-order chi connectivity index (χ1) is 16.8. The molecule has 1 N–H and O–H groups in total. The Hall–Kier alpha value is -4.54. The van der Waals surface area contributed by atoms with Crippen LogP contribution in [0.15, 0.2) is 60.8 Å². The van der Waals surface area contributed by atoms with Crippen LogP contribution in [0, 0.1) is 15.9 Å². The fraction of sp³-hybridized carbons (Fsp3) is 0.208. The second-order valence-corrected chi connectivity index (χ2v) is 7.85. The molecule has 0 atom stereocenters. The molecule has 0 radical (unpaired) electrons. The summed E-state index contributed by atoms with van der Waals surface area (Å²) in [6.07, 6.45) is 1.38. The van der Waals surface area contributed by atoms with Gasteiger partial charge in [-0.2, -0.15) is 0 Å². The van der Waals surface area contributed by atoms with Crippen LogP contribution in [-0.4, -0.2) is 52.8 Å². The van der Waals surface area contributed by atoms with Crippen molar-refractivity contribution in [3.63, 3.8) is 0 Å². The number of carbonyl (C=O) groups excluding carboxylic acids is 2. The van der Waals surface area contributed by atoms with Gasteiger partial charge in [-0.3, -0.25) is 19.7 Å². The van der Waals surface area contributed by atoms with Gasteiger partial charge in [-0.25, -0.2) is 9.37 Å². The molecule has 1 aliphatic heterocycles. The Balaban J connectivity index is 1.43. The largest absolute Gasteiger partial charge is 0.439 e. The smallest absolute Gasteiger partial charge is 0.293 e. The number of rotatable bonds is 6. The van der Waals surface area contributed by atoms with Crippen molar-refractivity contribution in [1.82, 2.24) is 9.88 Å². The quantitative estimate of drug-likeness (QED) is 0.422. The zero-order chi connectivity index (χ0) is 24.9. The molecule has 3 aromatic rings. The Kier molecular flexibility index (Phi) is 6.86. The maximum atomic E-state index is 13.0. The average Bonchev–Trinajstić information content (AvgIpc) is 2.86. The summed E-state index contributed by atoms with van der Waals surface area (Å²) in [4.78, 5) is 43.1. The maximum absolute atomic E-state index is 13.0. The van der Waals surface area contributed by atoms with Crippen molar-refractivity contribution in [2.45, 2.75) is 6.92 Å². The Bertz CT molecular complexity index is 1240. The predicted octanol–water partition coefficient (Wildman–Crippen LogP) is 3.84. The molecule has 11 heteroatoms. The van der Waals surface area contributed by atoms with Crippen molar-refractivity contribution < 1.29 is 23.6 Å². The van der Waals surface area contributed by atoms with Gasteiger partial charge >= 0.3 is 0 Å². The Labute approximate surface area is 200 Å². The van der Waals surface area contributed by atoms with Crippen LogP contribution in [-0.2, 0) is 4.79 Å². The van der Waals surface area contributed by atoms with Crippen LogP contribution in [0.25, 0.3) is 0 Å². The van der Waals surface area contributed by atoms with Gasteiger partial charge < -0.3 is 19.9 Å². The highest BCUT2D eigenvalue weighted by atomic mass is 19.1. The van der Waals surface area contributed by atoms with Crippen LogP contribution in [0.5, 0.6) is 11.6 Å². The lowest BCUT2D eigenvalue weighted by atomic mass is 10.1. The number of hydrogen-bond acceptors (Lipinski definition) is 7. The van der Waals surface area contributed by atoms with E-state index in [1.54, 1.807) is 17.0 Å². The minimum atomic E-state index is -0.532. The summed E-state index contributed by atoms with van der Waals surface area (Å²) in [6, 6.07) is 12.9. The summed E-state index contributed by atoms with van der Waals surface area (Å²) < 4.78 is 18.5. The number of halogens is 1. The van der Waals surface area contributed by atoms with Gasteiger partial charge in [0.1, 0.15) is 17.3 Å². The summed E-state index contributed by atoms with van der Waals surface area (Å²) in [5.74, 6) is -0.289. The van der Waals surface area contributed by atoms with E-state index in [0.717, 1.165) is 0 Å². The minimum absolute atomic E-state index is 0.0318. The fourth-order valence-electron chi connectivity index (χ4n) is 3.68. The molecule has 1 fully saturated rings. The van der Waals surface area contributed by atoms with Gasteiger partial charge in [-0.15, -0.1) is 0 Å². The monoisotopic (exact) mass is 479 g/mol. The maximum Gasteiger partial charge on any atom is 0.293 e. The van der Waals surface area contributed by atoms with Gasteiger partial charge in [0.15, 0.2) is 0 Å². The third-order valence-corrected chi connectivity index (χ3v) is 5.53. The number of pyridine rings is 1. The zero-order valence-corrected chi connectivity index (χ0v) is 18.8. The van der Waals surface area contributed by atoms with Gasteiger partial charge in [-0.05, 0) is 42.5 Å².